The second-order valence-corrected chi connectivity index (χ2v) is 3.06. The van der Waals surface area contributed by atoms with Gasteiger partial charge >= 0.3 is 0 Å². The second-order valence-electron chi connectivity index (χ2n) is 3.06. The van der Waals surface area contributed by atoms with Gasteiger partial charge < -0.3 is 10.6 Å². The maximum atomic E-state index is 3.52. The molecule has 0 amide bonds. The molecule has 10 heavy (non-hydrogen) atoms. The van der Waals surface area contributed by atoms with Crippen LogP contribution in [0.15, 0.2) is 0 Å². The molecule has 2 nitrogen and oxygen atoms in total. The Labute approximate surface area is 63.4 Å². The average Bonchev–Trinajstić information content (AvgIpc) is 2.17. The molecule has 2 N–H and O–H groups in total. The van der Waals surface area contributed by atoms with Gasteiger partial charge in [0.15, 0.2) is 0 Å². The molecule has 0 bridgehead atoms. The summed E-state index contributed by atoms with van der Waals surface area (Å²) < 4.78 is 0. The maximum absolute atomic E-state index is 3.52. The average molecular weight is 142 g/mol. The van der Waals surface area contributed by atoms with Crippen LogP contribution in [0.2, 0.25) is 0 Å². The minimum atomic E-state index is 0.729. The number of nitrogens with one attached hydrogen (secondary N) is 2. The Morgan fingerprint density at radius 1 is 1.40 bits per heavy atom. The Morgan fingerprint density at radius 3 is 3.10 bits per heavy atom. The minimum absolute atomic E-state index is 0.729. The number of rotatable bonds is 2. The zero-order valence-corrected chi connectivity index (χ0v) is 6.82. The Morgan fingerprint density at radius 2 is 2.30 bits per heavy atom. The van der Waals surface area contributed by atoms with Gasteiger partial charge in [-0.3, -0.25) is 0 Å². The van der Waals surface area contributed by atoms with Crippen LogP contribution in [0.3, 0.4) is 0 Å². The molecule has 0 aliphatic carbocycles. The lowest BCUT2D eigenvalue weighted by atomic mass is 10.1. The summed E-state index contributed by atoms with van der Waals surface area (Å²) in [6.07, 6.45) is 5.52. The first kappa shape index (κ1) is 8.02. The molecule has 1 heterocycles. The van der Waals surface area contributed by atoms with Gasteiger partial charge in [-0.1, -0.05) is 12.8 Å². The molecule has 0 aromatic carbocycles. The lowest BCUT2D eigenvalue weighted by Crippen LogP contribution is -2.36. The summed E-state index contributed by atoms with van der Waals surface area (Å²) in [5.74, 6) is 0. The summed E-state index contributed by atoms with van der Waals surface area (Å²) >= 11 is 0. The smallest absolute Gasteiger partial charge is 0.0192 e. The Kier molecular flexibility index (Phi) is 3.76. The van der Waals surface area contributed by atoms with Gasteiger partial charge in [-0.15, -0.1) is 0 Å². The number of likely N-dealkylation sites (N-methyl/N-ethyl adjacent to an activating group) is 1. The van der Waals surface area contributed by atoms with Crippen LogP contribution >= 0.6 is 0 Å². The molecule has 2 heteroatoms. The molecule has 1 aliphatic heterocycles. The molecule has 60 valence electrons. The minimum Gasteiger partial charge on any atom is -0.318 e. The first-order valence-electron chi connectivity index (χ1n) is 4.31. The summed E-state index contributed by atoms with van der Waals surface area (Å²) in [6, 6.07) is 0.729. The third kappa shape index (κ3) is 2.67. The van der Waals surface area contributed by atoms with Crippen LogP contribution in [0.4, 0.5) is 0 Å². The second kappa shape index (κ2) is 4.69. The molecule has 0 aromatic rings. The monoisotopic (exact) mass is 142 g/mol. The Bertz CT molecular complexity index is 75.3. The largest absolute Gasteiger partial charge is 0.318 e. The van der Waals surface area contributed by atoms with Crippen LogP contribution in [0, 0.1) is 0 Å². The Hall–Kier alpha value is -0.0800. The van der Waals surface area contributed by atoms with Crippen molar-refractivity contribution in [3.05, 3.63) is 0 Å². The Balaban J connectivity index is 2.15. The summed E-state index contributed by atoms with van der Waals surface area (Å²) in [5, 5.41) is 6.72. The highest BCUT2D eigenvalue weighted by Crippen LogP contribution is 2.06. The van der Waals surface area contributed by atoms with E-state index in [2.05, 4.69) is 10.6 Å². The van der Waals surface area contributed by atoms with Gasteiger partial charge in [0.2, 0.25) is 0 Å². The zero-order chi connectivity index (χ0) is 7.23. The van der Waals surface area contributed by atoms with Gasteiger partial charge in [0.05, 0.1) is 0 Å². The molecule has 0 spiro atoms. The van der Waals surface area contributed by atoms with Crippen molar-refractivity contribution in [1.82, 2.24) is 10.6 Å². The lowest BCUT2D eigenvalue weighted by Gasteiger charge is -2.13. The molecular formula is C8H18N2. The first-order chi connectivity index (χ1) is 4.93. The normalized spacial score (nSPS) is 27.9. The van der Waals surface area contributed by atoms with Crippen molar-refractivity contribution >= 4 is 0 Å². The summed E-state index contributed by atoms with van der Waals surface area (Å²) in [4.78, 5) is 0. The van der Waals surface area contributed by atoms with E-state index in [4.69, 9.17) is 0 Å². The van der Waals surface area contributed by atoms with Gasteiger partial charge in [-0.2, -0.15) is 0 Å². The highest BCUT2D eigenvalue weighted by Gasteiger charge is 2.08. The van der Waals surface area contributed by atoms with Crippen molar-refractivity contribution in [3.8, 4) is 0 Å². The zero-order valence-electron chi connectivity index (χ0n) is 6.82. The van der Waals surface area contributed by atoms with Gasteiger partial charge in [-0.25, -0.2) is 0 Å². The van der Waals surface area contributed by atoms with Crippen molar-refractivity contribution in [2.24, 2.45) is 0 Å². The number of hydrogen-bond donors (Lipinski definition) is 2. The number of hydrogen-bond acceptors (Lipinski definition) is 2. The molecule has 1 unspecified atom stereocenters. The van der Waals surface area contributed by atoms with Crippen molar-refractivity contribution in [2.45, 2.75) is 31.7 Å². The maximum Gasteiger partial charge on any atom is 0.0192 e. The predicted molar refractivity (Wildman–Crippen MR) is 44.2 cm³/mol. The van der Waals surface area contributed by atoms with Crippen molar-refractivity contribution in [1.29, 1.82) is 0 Å². The molecule has 1 aliphatic rings. The molecule has 1 saturated heterocycles. The van der Waals surface area contributed by atoms with Crippen molar-refractivity contribution in [2.75, 3.05) is 20.1 Å². The van der Waals surface area contributed by atoms with Gasteiger partial charge in [-0.05, 0) is 26.4 Å². The molecule has 1 atom stereocenters. The van der Waals surface area contributed by atoms with E-state index < -0.39 is 0 Å². The van der Waals surface area contributed by atoms with Crippen LogP contribution in [0.25, 0.3) is 0 Å². The van der Waals surface area contributed by atoms with Crippen molar-refractivity contribution < 1.29 is 0 Å². The van der Waals surface area contributed by atoms with Crippen LogP contribution < -0.4 is 10.6 Å². The summed E-state index contributed by atoms with van der Waals surface area (Å²) in [7, 11) is 2.02. The van der Waals surface area contributed by atoms with E-state index in [0.29, 0.717) is 0 Å². The van der Waals surface area contributed by atoms with Crippen LogP contribution in [0.5, 0.6) is 0 Å². The van der Waals surface area contributed by atoms with Gasteiger partial charge in [0.25, 0.3) is 0 Å². The highest BCUT2D eigenvalue weighted by molar-refractivity contribution is 4.71. The molecule has 1 rings (SSSR count). The molecule has 0 aromatic heterocycles. The van der Waals surface area contributed by atoms with E-state index in [1.165, 1.54) is 32.2 Å². The standard InChI is InChI=1S/C8H18N2/c1-9-7-8-5-3-2-4-6-10-8/h8-10H,2-7H2,1H3. The van der Waals surface area contributed by atoms with Crippen LogP contribution in [-0.2, 0) is 0 Å². The van der Waals surface area contributed by atoms with Crippen molar-refractivity contribution in [3.63, 3.8) is 0 Å². The fourth-order valence-corrected chi connectivity index (χ4v) is 1.52. The van der Waals surface area contributed by atoms with E-state index in [-0.39, 0.29) is 0 Å². The first-order valence-corrected chi connectivity index (χ1v) is 4.31. The van der Waals surface area contributed by atoms with Gasteiger partial charge in [0.1, 0.15) is 0 Å². The van der Waals surface area contributed by atoms with Crippen LogP contribution in [-0.4, -0.2) is 26.2 Å². The fraction of sp³-hybridized carbons (Fsp3) is 1.00. The summed E-state index contributed by atoms with van der Waals surface area (Å²) in [6.45, 7) is 2.34. The van der Waals surface area contributed by atoms with E-state index in [0.717, 1.165) is 12.6 Å². The molecular weight excluding hydrogens is 124 g/mol. The molecule has 1 fully saturated rings. The van der Waals surface area contributed by atoms with E-state index in [1.807, 2.05) is 7.05 Å². The molecule has 0 saturated carbocycles. The van der Waals surface area contributed by atoms with E-state index in [9.17, 15) is 0 Å². The topological polar surface area (TPSA) is 24.1 Å². The third-order valence-corrected chi connectivity index (χ3v) is 2.11. The van der Waals surface area contributed by atoms with E-state index in [1.54, 1.807) is 0 Å². The molecule has 0 radical (unpaired) electrons. The van der Waals surface area contributed by atoms with Gasteiger partial charge in [0, 0.05) is 12.6 Å². The fourth-order valence-electron chi connectivity index (χ4n) is 1.52. The predicted octanol–water partition coefficient (Wildman–Crippen LogP) is 0.738. The highest BCUT2D eigenvalue weighted by atomic mass is 15.0. The SMILES string of the molecule is CNCC1CCCCCN1. The summed E-state index contributed by atoms with van der Waals surface area (Å²) in [5.41, 5.74) is 0. The third-order valence-electron chi connectivity index (χ3n) is 2.11. The lowest BCUT2D eigenvalue weighted by molar-refractivity contribution is 0.488. The van der Waals surface area contributed by atoms with E-state index >= 15 is 0 Å². The van der Waals surface area contributed by atoms with Crippen LogP contribution in [0.1, 0.15) is 25.7 Å². The quantitative estimate of drug-likeness (QED) is 0.594.